The van der Waals surface area contributed by atoms with E-state index in [-0.39, 0.29) is 4.32 Å². The summed E-state index contributed by atoms with van der Waals surface area (Å²) in [5.74, 6) is 0. The summed E-state index contributed by atoms with van der Waals surface area (Å²) in [5.41, 5.74) is 4.71. The Morgan fingerprint density at radius 1 is 1.80 bits per heavy atom. The molecule has 0 bridgehead atoms. The third-order valence-corrected chi connectivity index (χ3v) is 0.556. The molecule has 0 radical (unpaired) electrons. The first-order valence-electron chi connectivity index (χ1n) is 2.77. The van der Waals surface area contributed by atoms with Gasteiger partial charge in [0.25, 0.3) is 0 Å². The number of rotatable bonds is 3. The van der Waals surface area contributed by atoms with E-state index in [0.717, 1.165) is 13.2 Å². The Morgan fingerprint density at radius 3 is 2.30 bits per heavy atom. The zero-order valence-corrected chi connectivity index (χ0v) is 7.97. The predicted molar refractivity (Wildman–Crippen MR) is 51.6 cm³/mol. The van der Waals surface area contributed by atoms with Gasteiger partial charge in [0.1, 0.15) is 4.32 Å². The second-order valence-electron chi connectivity index (χ2n) is 1.43. The van der Waals surface area contributed by atoms with Crippen molar-refractivity contribution in [2.75, 3.05) is 27.3 Å². The molecule has 3 N–H and O–H groups in total. The molecule has 0 aliphatic heterocycles. The second-order valence-corrected chi connectivity index (χ2v) is 2.66. The van der Waals surface area contributed by atoms with Gasteiger partial charge in [-0.25, -0.2) is 0 Å². The number of thiol groups is 1. The fraction of sp³-hybridized carbons (Fsp3) is 0.800. The molecular weight excluding hydrogens is 168 g/mol. The summed E-state index contributed by atoms with van der Waals surface area (Å²) in [6, 6.07) is 0. The first-order valence-corrected chi connectivity index (χ1v) is 3.62. The summed E-state index contributed by atoms with van der Waals surface area (Å²) in [7, 11) is 3.59. The number of hydrogen-bond donors (Lipinski definition) is 3. The van der Waals surface area contributed by atoms with Crippen LogP contribution in [0.2, 0.25) is 0 Å². The van der Waals surface area contributed by atoms with E-state index in [4.69, 9.17) is 10.5 Å². The van der Waals surface area contributed by atoms with Crippen molar-refractivity contribution < 1.29 is 4.74 Å². The van der Waals surface area contributed by atoms with Crippen molar-refractivity contribution in [3.05, 3.63) is 0 Å². The Kier molecular flexibility index (Phi) is 15.2. The Hall–Kier alpha value is 0.160. The minimum Gasteiger partial charge on any atom is -0.385 e. The fourth-order valence-corrected chi connectivity index (χ4v) is 0.204. The highest BCUT2D eigenvalue weighted by molar-refractivity contribution is 8.10. The van der Waals surface area contributed by atoms with Gasteiger partial charge in [-0.15, -0.1) is 12.6 Å². The fourth-order valence-electron chi connectivity index (χ4n) is 0.204. The molecule has 62 valence electrons. The minimum atomic E-state index is 0.194. The molecule has 0 aromatic heterocycles. The van der Waals surface area contributed by atoms with Crippen LogP contribution in [0.15, 0.2) is 0 Å². The van der Waals surface area contributed by atoms with Crippen LogP contribution >= 0.6 is 24.8 Å². The average Bonchev–Trinajstić information content (AvgIpc) is 1.82. The standard InChI is InChI=1S/C4H11NO.CH3NS2/c1-5-3-4-6-2;2-1(3)4/h5H,3-4H2,1-2H3;(H3,2,3,4). The van der Waals surface area contributed by atoms with E-state index < -0.39 is 0 Å². The first kappa shape index (κ1) is 12.8. The van der Waals surface area contributed by atoms with E-state index in [2.05, 4.69) is 30.2 Å². The van der Waals surface area contributed by atoms with Crippen molar-refractivity contribution in [1.82, 2.24) is 5.32 Å². The lowest BCUT2D eigenvalue weighted by Gasteiger charge is -1.92. The second kappa shape index (κ2) is 11.9. The highest BCUT2D eigenvalue weighted by atomic mass is 32.1. The van der Waals surface area contributed by atoms with Crippen LogP contribution in [0.1, 0.15) is 0 Å². The monoisotopic (exact) mass is 182 g/mol. The van der Waals surface area contributed by atoms with Gasteiger partial charge in [0.15, 0.2) is 0 Å². The van der Waals surface area contributed by atoms with Gasteiger partial charge in [0, 0.05) is 13.7 Å². The van der Waals surface area contributed by atoms with Gasteiger partial charge in [-0.2, -0.15) is 0 Å². The van der Waals surface area contributed by atoms with E-state index in [1.807, 2.05) is 7.05 Å². The summed E-state index contributed by atoms with van der Waals surface area (Å²) in [5, 5.41) is 2.94. The molecule has 0 aromatic carbocycles. The molecule has 5 heteroatoms. The molecule has 0 aliphatic rings. The highest BCUT2D eigenvalue weighted by Gasteiger charge is 1.72. The molecule has 0 heterocycles. The maximum Gasteiger partial charge on any atom is 0.128 e. The molecule has 0 rings (SSSR count). The van der Waals surface area contributed by atoms with E-state index in [1.54, 1.807) is 7.11 Å². The highest BCUT2D eigenvalue weighted by Crippen LogP contribution is 1.63. The number of likely N-dealkylation sites (N-methyl/N-ethyl adjacent to an activating group) is 1. The Bertz CT molecular complexity index is 72.0. The largest absolute Gasteiger partial charge is 0.385 e. The van der Waals surface area contributed by atoms with Crippen LogP contribution in [0.3, 0.4) is 0 Å². The maximum absolute atomic E-state index is 4.72. The molecule has 0 amide bonds. The molecule has 3 nitrogen and oxygen atoms in total. The quantitative estimate of drug-likeness (QED) is 0.327. The molecule has 10 heavy (non-hydrogen) atoms. The van der Waals surface area contributed by atoms with Gasteiger partial charge in [0.05, 0.1) is 6.61 Å². The Labute approximate surface area is 72.7 Å². The summed E-state index contributed by atoms with van der Waals surface area (Å²) in [4.78, 5) is 0. The predicted octanol–water partition coefficient (Wildman–Crippen LogP) is 0.0120. The smallest absolute Gasteiger partial charge is 0.128 e. The van der Waals surface area contributed by atoms with Gasteiger partial charge in [-0.1, -0.05) is 12.2 Å². The summed E-state index contributed by atoms with van der Waals surface area (Å²) < 4.78 is 4.91. The van der Waals surface area contributed by atoms with Crippen molar-refractivity contribution in [1.29, 1.82) is 0 Å². The third-order valence-electron chi connectivity index (χ3n) is 0.556. The molecule has 0 aliphatic carbocycles. The van der Waals surface area contributed by atoms with Gasteiger partial charge >= 0.3 is 0 Å². The Balaban J connectivity index is 0. The Morgan fingerprint density at radius 2 is 2.20 bits per heavy atom. The molecule has 0 fully saturated rings. The van der Waals surface area contributed by atoms with Crippen LogP contribution in [-0.2, 0) is 4.74 Å². The molecule has 0 spiro atoms. The SMILES string of the molecule is CNCCOC.NC(=S)S. The minimum absolute atomic E-state index is 0.194. The topological polar surface area (TPSA) is 47.3 Å². The molecular formula is C5H14N2OS2. The van der Waals surface area contributed by atoms with Crippen LogP contribution < -0.4 is 11.1 Å². The zero-order chi connectivity index (χ0) is 8.41. The van der Waals surface area contributed by atoms with Crippen LogP contribution in [0.25, 0.3) is 0 Å². The van der Waals surface area contributed by atoms with Gasteiger partial charge in [0.2, 0.25) is 0 Å². The van der Waals surface area contributed by atoms with Crippen molar-refractivity contribution in [3.8, 4) is 0 Å². The lowest BCUT2D eigenvalue weighted by atomic mass is 10.7. The van der Waals surface area contributed by atoms with Crippen molar-refractivity contribution in [2.45, 2.75) is 0 Å². The lowest BCUT2D eigenvalue weighted by Crippen LogP contribution is -2.12. The van der Waals surface area contributed by atoms with Crippen LogP contribution in [0.5, 0.6) is 0 Å². The number of ether oxygens (including phenoxy) is 1. The number of hydrogen-bond acceptors (Lipinski definition) is 3. The van der Waals surface area contributed by atoms with Gasteiger partial charge < -0.3 is 15.8 Å². The third kappa shape index (κ3) is 41.9. The molecule has 0 saturated carbocycles. The zero-order valence-electron chi connectivity index (χ0n) is 6.26. The number of thiocarbonyl (C=S) groups is 1. The van der Waals surface area contributed by atoms with Gasteiger partial charge in [-0.05, 0) is 7.05 Å². The van der Waals surface area contributed by atoms with Crippen molar-refractivity contribution in [3.63, 3.8) is 0 Å². The van der Waals surface area contributed by atoms with Crippen LogP contribution in [0.4, 0.5) is 0 Å². The number of methoxy groups -OCH3 is 1. The molecule has 0 unspecified atom stereocenters. The van der Waals surface area contributed by atoms with E-state index in [0.29, 0.717) is 0 Å². The summed E-state index contributed by atoms with van der Waals surface area (Å²) in [6.45, 7) is 1.74. The number of nitrogens with two attached hydrogens (primary N) is 1. The first-order chi connectivity index (χ1) is 4.65. The number of nitrogens with one attached hydrogen (secondary N) is 1. The van der Waals surface area contributed by atoms with Crippen LogP contribution in [0, 0.1) is 0 Å². The normalized spacial score (nSPS) is 7.90. The average molecular weight is 182 g/mol. The summed E-state index contributed by atoms with van der Waals surface area (Å²) in [6.07, 6.45) is 0. The summed E-state index contributed by atoms with van der Waals surface area (Å²) >= 11 is 7.65. The lowest BCUT2D eigenvalue weighted by molar-refractivity contribution is 0.201. The van der Waals surface area contributed by atoms with E-state index in [1.165, 1.54) is 0 Å². The van der Waals surface area contributed by atoms with Crippen molar-refractivity contribution >= 4 is 29.2 Å². The molecule has 0 atom stereocenters. The van der Waals surface area contributed by atoms with E-state index in [9.17, 15) is 0 Å². The van der Waals surface area contributed by atoms with Gasteiger partial charge in [-0.3, -0.25) is 0 Å². The molecule has 0 saturated heterocycles. The van der Waals surface area contributed by atoms with Crippen molar-refractivity contribution in [2.24, 2.45) is 5.73 Å². The molecule has 0 aromatic rings. The van der Waals surface area contributed by atoms with Crippen LogP contribution in [-0.4, -0.2) is 31.6 Å². The van der Waals surface area contributed by atoms with E-state index >= 15 is 0 Å². The maximum atomic E-state index is 4.72.